The van der Waals surface area contributed by atoms with E-state index >= 15 is 0 Å². The van der Waals surface area contributed by atoms with Gasteiger partial charge >= 0.3 is 0 Å². The van der Waals surface area contributed by atoms with Crippen molar-refractivity contribution >= 4 is 17.7 Å². The first-order chi connectivity index (χ1) is 7.85. The Morgan fingerprint density at radius 2 is 2.29 bits per heavy atom. The normalized spacial score (nSPS) is 28.3. The predicted molar refractivity (Wildman–Crippen MR) is 72.1 cm³/mol. The summed E-state index contributed by atoms with van der Waals surface area (Å²) in [5.41, 5.74) is 4.85. The lowest BCUT2D eigenvalue weighted by molar-refractivity contribution is -0.123. The minimum Gasteiger partial charge on any atom is -0.377 e. The molecule has 0 saturated carbocycles. The van der Waals surface area contributed by atoms with Crippen LogP contribution >= 0.6 is 11.8 Å². The van der Waals surface area contributed by atoms with E-state index < -0.39 is 5.54 Å². The number of nitrogens with one attached hydrogen (secondary N) is 1. The average Bonchev–Trinajstić information content (AvgIpc) is 2.60. The van der Waals surface area contributed by atoms with Crippen LogP contribution in [0, 0.1) is 0 Å². The van der Waals surface area contributed by atoms with E-state index in [4.69, 9.17) is 10.5 Å². The lowest BCUT2D eigenvalue weighted by atomic mass is 10.0. The Labute approximate surface area is 108 Å². The topological polar surface area (TPSA) is 64.3 Å². The molecule has 0 aliphatic carbocycles. The number of carbonyl (C=O) groups excluding carboxylic acids is 1. The standard InChI is InChI=1S/C12H24N2O2S/c1-8(2)14-12(4,11(13)15)7-17-10-5-6-16-9(10)3/h8-10,14H,5-7H2,1-4H3,(H2,13,15). The summed E-state index contributed by atoms with van der Waals surface area (Å²) in [4.78, 5) is 11.6. The molecule has 3 unspecified atom stereocenters. The van der Waals surface area contributed by atoms with Crippen LogP contribution in [0.3, 0.4) is 0 Å². The second-order valence-corrected chi connectivity index (χ2v) is 6.44. The first kappa shape index (κ1) is 14.8. The monoisotopic (exact) mass is 260 g/mol. The zero-order valence-electron chi connectivity index (χ0n) is 11.2. The number of hydrogen-bond acceptors (Lipinski definition) is 4. The largest absolute Gasteiger partial charge is 0.377 e. The lowest BCUT2D eigenvalue weighted by Gasteiger charge is -2.30. The fourth-order valence-corrected chi connectivity index (χ4v) is 3.41. The third-order valence-electron chi connectivity index (χ3n) is 3.04. The summed E-state index contributed by atoms with van der Waals surface area (Å²) in [5.74, 6) is 0.407. The molecule has 0 aromatic rings. The molecule has 1 aliphatic heterocycles. The van der Waals surface area contributed by atoms with Crippen LogP contribution in [-0.4, -0.2) is 41.2 Å². The minimum absolute atomic E-state index is 0.241. The molecule has 0 bridgehead atoms. The molecule has 0 radical (unpaired) electrons. The fourth-order valence-electron chi connectivity index (χ4n) is 2.03. The van der Waals surface area contributed by atoms with Crippen LogP contribution in [0.15, 0.2) is 0 Å². The van der Waals surface area contributed by atoms with E-state index in [1.165, 1.54) is 0 Å². The highest BCUT2D eigenvalue weighted by Crippen LogP contribution is 2.28. The maximum atomic E-state index is 11.6. The smallest absolute Gasteiger partial charge is 0.238 e. The molecule has 4 nitrogen and oxygen atoms in total. The maximum Gasteiger partial charge on any atom is 0.238 e. The summed E-state index contributed by atoms with van der Waals surface area (Å²) in [5, 5.41) is 3.73. The predicted octanol–water partition coefficient (Wildman–Crippen LogP) is 1.14. The molecule has 1 saturated heterocycles. The van der Waals surface area contributed by atoms with Crippen LogP contribution in [0.1, 0.15) is 34.1 Å². The average molecular weight is 260 g/mol. The number of thioether (sulfide) groups is 1. The van der Waals surface area contributed by atoms with E-state index in [0.717, 1.165) is 13.0 Å². The molecule has 100 valence electrons. The zero-order chi connectivity index (χ0) is 13.1. The minimum atomic E-state index is -0.638. The molecule has 1 rings (SSSR count). The Balaban J connectivity index is 2.52. The van der Waals surface area contributed by atoms with Crippen molar-refractivity contribution in [2.75, 3.05) is 12.4 Å². The van der Waals surface area contributed by atoms with Crippen LogP contribution in [0.25, 0.3) is 0 Å². The van der Waals surface area contributed by atoms with Gasteiger partial charge in [-0.05, 0) is 34.1 Å². The van der Waals surface area contributed by atoms with Gasteiger partial charge < -0.3 is 15.8 Å². The van der Waals surface area contributed by atoms with Gasteiger partial charge in [0.2, 0.25) is 5.91 Å². The zero-order valence-corrected chi connectivity index (χ0v) is 12.0. The van der Waals surface area contributed by atoms with Crippen molar-refractivity contribution < 1.29 is 9.53 Å². The van der Waals surface area contributed by atoms with Crippen molar-refractivity contribution in [2.24, 2.45) is 5.73 Å². The number of amides is 1. The lowest BCUT2D eigenvalue weighted by Crippen LogP contribution is -2.57. The number of nitrogens with two attached hydrogens (primary N) is 1. The third-order valence-corrected chi connectivity index (χ3v) is 4.83. The number of ether oxygens (including phenoxy) is 1. The molecule has 0 aromatic carbocycles. The summed E-state index contributed by atoms with van der Waals surface area (Å²) >= 11 is 1.78. The Morgan fingerprint density at radius 1 is 1.65 bits per heavy atom. The number of primary amides is 1. The summed E-state index contributed by atoms with van der Waals surface area (Å²) in [6.07, 6.45) is 1.33. The van der Waals surface area contributed by atoms with Gasteiger partial charge in [0.1, 0.15) is 5.54 Å². The molecule has 17 heavy (non-hydrogen) atoms. The third kappa shape index (κ3) is 4.16. The molecule has 1 aliphatic rings. The number of rotatable bonds is 6. The highest BCUT2D eigenvalue weighted by molar-refractivity contribution is 8.00. The summed E-state index contributed by atoms with van der Waals surface area (Å²) in [7, 11) is 0. The molecule has 1 amide bonds. The molecule has 1 fully saturated rings. The Kier molecular flexibility index (Phi) is 5.28. The molecular formula is C12H24N2O2S. The van der Waals surface area contributed by atoms with Crippen molar-refractivity contribution in [1.82, 2.24) is 5.32 Å². The Hall–Kier alpha value is -0.260. The van der Waals surface area contributed by atoms with E-state index in [1.54, 1.807) is 11.8 Å². The van der Waals surface area contributed by atoms with Gasteiger partial charge in [0.15, 0.2) is 0 Å². The number of hydrogen-bond donors (Lipinski definition) is 2. The van der Waals surface area contributed by atoms with Crippen LogP contribution in [0.2, 0.25) is 0 Å². The second-order valence-electron chi connectivity index (χ2n) is 5.21. The van der Waals surface area contributed by atoms with Gasteiger partial charge in [-0.3, -0.25) is 4.79 Å². The molecule has 5 heteroatoms. The van der Waals surface area contributed by atoms with Crippen LogP contribution in [-0.2, 0) is 9.53 Å². The van der Waals surface area contributed by atoms with E-state index in [-0.39, 0.29) is 18.1 Å². The van der Waals surface area contributed by atoms with Gasteiger partial charge in [0.05, 0.1) is 6.10 Å². The highest BCUT2D eigenvalue weighted by atomic mass is 32.2. The van der Waals surface area contributed by atoms with Crippen LogP contribution in [0.4, 0.5) is 0 Å². The van der Waals surface area contributed by atoms with Crippen molar-refractivity contribution in [3.05, 3.63) is 0 Å². The van der Waals surface area contributed by atoms with E-state index in [0.29, 0.717) is 11.0 Å². The van der Waals surface area contributed by atoms with Gasteiger partial charge in [-0.25, -0.2) is 0 Å². The van der Waals surface area contributed by atoms with Gasteiger partial charge in [0.25, 0.3) is 0 Å². The number of carbonyl (C=O) groups is 1. The SMILES string of the molecule is CC(C)NC(C)(CSC1CCOC1C)C(N)=O. The Bertz CT molecular complexity index is 273. The summed E-state index contributed by atoms with van der Waals surface area (Å²) in [6.45, 7) is 8.83. The van der Waals surface area contributed by atoms with Gasteiger partial charge in [0, 0.05) is 23.7 Å². The molecule has 0 aromatic heterocycles. The van der Waals surface area contributed by atoms with Crippen molar-refractivity contribution in [3.8, 4) is 0 Å². The van der Waals surface area contributed by atoms with Crippen LogP contribution < -0.4 is 11.1 Å². The first-order valence-electron chi connectivity index (χ1n) is 6.16. The quantitative estimate of drug-likeness (QED) is 0.751. The molecular weight excluding hydrogens is 236 g/mol. The molecule has 3 N–H and O–H groups in total. The van der Waals surface area contributed by atoms with Gasteiger partial charge in [-0.2, -0.15) is 11.8 Å². The van der Waals surface area contributed by atoms with Gasteiger partial charge in [-0.15, -0.1) is 0 Å². The first-order valence-corrected chi connectivity index (χ1v) is 7.21. The van der Waals surface area contributed by atoms with Crippen LogP contribution in [0.5, 0.6) is 0 Å². The van der Waals surface area contributed by atoms with E-state index in [9.17, 15) is 4.79 Å². The highest BCUT2D eigenvalue weighted by Gasteiger charge is 2.34. The van der Waals surface area contributed by atoms with E-state index in [1.807, 2.05) is 20.8 Å². The maximum absolute atomic E-state index is 11.6. The molecule has 3 atom stereocenters. The second kappa shape index (κ2) is 6.07. The van der Waals surface area contributed by atoms with Crippen molar-refractivity contribution in [1.29, 1.82) is 0 Å². The van der Waals surface area contributed by atoms with Crippen molar-refractivity contribution in [3.63, 3.8) is 0 Å². The van der Waals surface area contributed by atoms with Gasteiger partial charge in [-0.1, -0.05) is 0 Å². The fraction of sp³-hybridized carbons (Fsp3) is 0.917. The van der Waals surface area contributed by atoms with Crippen molar-refractivity contribution in [2.45, 2.75) is 57.1 Å². The Morgan fingerprint density at radius 3 is 2.71 bits per heavy atom. The molecule has 0 spiro atoms. The summed E-state index contributed by atoms with van der Waals surface area (Å²) < 4.78 is 5.51. The van der Waals surface area contributed by atoms with E-state index in [2.05, 4.69) is 12.2 Å². The molecule has 1 heterocycles. The summed E-state index contributed by atoms with van der Waals surface area (Å²) in [6, 6.07) is 0.241.